The van der Waals surface area contributed by atoms with Crippen molar-refractivity contribution in [1.29, 1.82) is 0 Å². The number of anilines is 2. The fourth-order valence-corrected chi connectivity index (χ4v) is 4.66. The zero-order chi connectivity index (χ0) is 22.3. The highest BCUT2D eigenvalue weighted by Crippen LogP contribution is 2.25. The molecule has 162 valence electrons. The van der Waals surface area contributed by atoms with E-state index in [-0.39, 0.29) is 11.7 Å². The molecule has 32 heavy (non-hydrogen) atoms. The number of hydrogen-bond acceptors (Lipinski definition) is 7. The smallest absolute Gasteiger partial charge is 0.275 e. The molecule has 4 rings (SSSR count). The molecule has 0 radical (unpaired) electrons. The van der Waals surface area contributed by atoms with E-state index in [1.54, 1.807) is 4.57 Å². The van der Waals surface area contributed by atoms with Gasteiger partial charge in [-0.3, -0.25) is 9.59 Å². The Hall–Kier alpha value is -3.43. The number of amides is 1. The molecule has 2 heterocycles. The van der Waals surface area contributed by atoms with Crippen molar-refractivity contribution in [2.75, 3.05) is 16.8 Å². The summed E-state index contributed by atoms with van der Waals surface area (Å²) < 4.78 is 1.77. The van der Waals surface area contributed by atoms with Crippen molar-refractivity contribution in [3.63, 3.8) is 0 Å². The fourth-order valence-electron chi connectivity index (χ4n) is 3.08. The van der Waals surface area contributed by atoms with Crippen LogP contribution in [-0.4, -0.2) is 26.2 Å². The highest BCUT2D eigenvalue weighted by atomic mass is 32.2. The summed E-state index contributed by atoms with van der Waals surface area (Å²) in [6.07, 6.45) is 0.733. The highest BCUT2D eigenvalue weighted by molar-refractivity contribution is 7.99. The molecular weight excluding hydrogens is 442 g/mol. The average molecular weight is 464 g/mol. The van der Waals surface area contributed by atoms with Gasteiger partial charge < -0.3 is 15.6 Å². The number of nitrogens with one attached hydrogen (secondary N) is 1. The standard InChI is InChI=1S/C23H21N5O2S2/c24-19-13-20(29)27-23(28(19)12-11-16-7-3-1-4-8-16)32-15-21(30)26-22-25-18(14-31-22)17-9-5-2-6-10-17/h1-10,13-14H,11-12,15,24H2,(H,25,26,30). The molecule has 0 atom stereocenters. The number of thioether (sulfide) groups is 1. The van der Waals surface area contributed by atoms with Crippen LogP contribution in [0.25, 0.3) is 11.3 Å². The lowest BCUT2D eigenvalue weighted by Gasteiger charge is -2.14. The van der Waals surface area contributed by atoms with Crippen molar-refractivity contribution in [2.24, 2.45) is 0 Å². The molecule has 0 fully saturated rings. The quantitative estimate of drug-likeness (QED) is 0.303. The van der Waals surface area contributed by atoms with Crippen LogP contribution in [0.3, 0.4) is 0 Å². The average Bonchev–Trinajstić information content (AvgIpc) is 3.26. The van der Waals surface area contributed by atoms with Crippen molar-refractivity contribution < 1.29 is 4.79 Å². The molecule has 4 aromatic rings. The lowest BCUT2D eigenvalue weighted by Crippen LogP contribution is -2.20. The Morgan fingerprint density at radius 3 is 2.53 bits per heavy atom. The maximum Gasteiger partial charge on any atom is 0.275 e. The van der Waals surface area contributed by atoms with Gasteiger partial charge >= 0.3 is 0 Å². The van der Waals surface area contributed by atoms with Gasteiger partial charge in [-0.05, 0) is 12.0 Å². The van der Waals surface area contributed by atoms with Gasteiger partial charge in [0, 0.05) is 23.6 Å². The van der Waals surface area contributed by atoms with Crippen LogP contribution < -0.4 is 16.6 Å². The minimum Gasteiger partial charge on any atom is -0.385 e. The number of nitrogens with zero attached hydrogens (tertiary/aromatic N) is 3. The third-order valence-electron chi connectivity index (χ3n) is 4.64. The van der Waals surface area contributed by atoms with Crippen LogP contribution >= 0.6 is 23.1 Å². The van der Waals surface area contributed by atoms with Gasteiger partial charge in [0.1, 0.15) is 5.82 Å². The molecule has 0 aliphatic rings. The number of carbonyl (C=O) groups is 1. The Bertz CT molecular complexity index is 1260. The molecule has 0 unspecified atom stereocenters. The molecule has 1 amide bonds. The van der Waals surface area contributed by atoms with Gasteiger partial charge in [0.15, 0.2) is 10.3 Å². The molecule has 0 aliphatic heterocycles. The number of rotatable bonds is 8. The molecule has 2 aromatic heterocycles. The first-order valence-corrected chi connectivity index (χ1v) is 11.8. The van der Waals surface area contributed by atoms with Crippen LogP contribution in [0.4, 0.5) is 10.9 Å². The molecule has 0 aliphatic carbocycles. The van der Waals surface area contributed by atoms with Crippen LogP contribution in [0.1, 0.15) is 5.56 Å². The summed E-state index contributed by atoms with van der Waals surface area (Å²) in [4.78, 5) is 32.9. The maximum atomic E-state index is 12.5. The number of hydrogen-bond donors (Lipinski definition) is 2. The monoisotopic (exact) mass is 463 g/mol. The number of aryl methyl sites for hydroxylation is 1. The second kappa shape index (κ2) is 10.3. The third kappa shape index (κ3) is 5.63. The van der Waals surface area contributed by atoms with E-state index in [2.05, 4.69) is 15.3 Å². The lowest BCUT2D eigenvalue weighted by molar-refractivity contribution is -0.113. The van der Waals surface area contributed by atoms with Crippen molar-refractivity contribution >= 4 is 40.0 Å². The summed E-state index contributed by atoms with van der Waals surface area (Å²) in [6, 6.07) is 21.0. The van der Waals surface area contributed by atoms with E-state index >= 15 is 0 Å². The summed E-state index contributed by atoms with van der Waals surface area (Å²) in [5.41, 5.74) is 8.60. The second-order valence-corrected chi connectivity index (χ2v) is 8.73. The molecule has 3 N–H and O–H groups in total. The Balaban J connectivity index is 1.40. The number of aromatic nitrogens is 3. The van der Waals surface area contributed by atoms with Crippen LogP contribution in [0.2, 0.25) is 0 Å². The Kier molecular flexibility index (Phi) is 6.98. The molecular formula is C23H21N5O2S2. The number of nitrogen functional groups attached to an aromatic ring is 1. The predicted octanol–water partition coefficient (Wildman–Crippen LogP) is 3.92. The van der Waals surface area contributed by atoms with E-state index in [9.17, 15) is 9.59 Å². The van der Waals surface area contributed by atoms with Gasteiger partial charge in [0.25, 0.3) is 5.56 Å². The van der Waals surface area contributed by atoms with E-state index in [4.69, 9.17) is 5.73 Å². The number of nitrogens with two attached hydrogens (primary N) is 1. The van der Waals surface area contributed by atoms with Gasteiger partial charge in [0.2, 0.25) is 5.91 Å². The summed E-state index contributed by atoms with van der Waals surface area (Å²) >= 11 is 2.54. The zero-order valence-corrected chi connectivity index (χ0v) is 18.7. The second-order valence-electron chi connectivity index (χ2n) is 6.93. The third-order valence-corrected chi connectivity index (χ3v) is 6.37. The largest absolute Gasteiger partial charge is 0.385 e. The molecule has 0 bridgehead atoms. The van der Waals surface area contributed by atoms with Crippen LogP contribution in [0.15, 0.2) is 82.1 Å². The summed E-state index contributed by atoms with van der Waals surface area (Å²) in [5.74, 6) is 0.188. The van der Waals surface area contributed by atoms with Gasteiger partial charge in [-0.15, -0.1) is 11.3 Å². The summed E-state index contributed by atoms with van der Waals surface area (Å²) in [6.45, 7) is 0.556. The first kappa shape index (κ1) is 21.8. The zero-order valence-electron chi connectivity index (χ0n) is 17.1. The van der Waals surface area contributed by atoms with Gasteiger partial charge in [-0.2, -0.15) is 4.98 Å². The summed E-state index contributed by atoms with van der Waals surface area (Å²) in [5, 5.41) is 5.66. The van der Waals surface area contributed by atoms with E-state index in [1.165, 1.54) is 29.2 Å². The molecule has 2 aromatic carbocycles. The van der Waals surface area contributed by atoms with E-state index in [0.717, 1.165) is 23.2 Å². The van der Waals surface area contributed by atoms with Crippen LogP contribution in [0.5, 0.6) is 0 Å². The number of carbonyl (C=O) groups excluding carboxylic acids is 1. The van der Waals surface area contributed by atoms with Crippen molar-refractivity contribution in [1.82, 2.24) is 14.5 Å². The van der Waals surface area contributed by atoms with E-state index in [0.29, 0.717) is 22.7 Å². The Labute approximate surface area is 193 Å². The van der Waals surface area contributed by atoms with E-state index in [1.807, 2.05) is 66.0 Å². The normalized spacial score (nSPS) is 10.8. The van der Waals surface area contributed by atoms with Crippen molar-refractivity contribution in [3.8, 4) is 11.3 Å². The molecule has 7 nitrogen and oxygen atoms in total. The fraction of sp³-hybridized carbons (Fsp3) is 0.130. The minimum atomic E-state index is -0.422. The Morgan fingerprint density at radius 2 is 1.78 bits per heavy atom. The molecule has 9 heteroatoms. The molecule has 0 saturated heterocycles. The highest BCUT2D eigenvalue weighted by Gasteiger charge is 2.13. The minimum absolute atomic E-state index is 0.0848. The van der Waals surface area contributed by atoms with Gasteiger partial charge in [-0.1, -0.05) is 72.4 Å². The number of thiazole rings is 1. The van der Waals surface area contributed by atoms with Crippen LogP contribution in [0, 0.1) is 0 Å². The summed E-state index contributed by atoms with van der Waals surface area (Å²) in [7, 11) is 0. The van der Waals surface area contributed by atoms with E-state index < -0.39 is 5.56 Å². The SMILES string of the molecule is Nc1cc(=O)nc(SCC(=O)Nc2nc(-c3ccccc3)cs2)n1CCc1ccccc1. The predicted molar refractivity (Wildman–Crippen MR) is 130 cm³/mol. The topological polar surface area (TPSA) is 103 Å². The lowest BCUT2D eigenvalue weighted by atomic mass is 10.1. The molecule has 0 spiro atoms. The van der Waals surface area contributed by atoms with Gasteiger partial charge in [0.05, 0.1) is 11.4 Å². The Morgan fingerprint density at radius 1 is 1.06 bits per heavy atom. The van der Waals surface area contributed by atoms with Crippen LogP contribution in [-0.2, 0) is 17.8 Å². The first-order valence-electron chi connectivity index (χ1n) is 9.93. The maximum absolute atomic E-state index is 12.5. The van der Waals surface area contributed by atoms with Crippen molar-refractivity contribution in [3.05, 3.63) is 88.0 Å². The van der Waals surface area contributed by atoms with Gasteiger partial charge in [-0.25, -0.2) is 4.98 Å². The number of benzene rings is 2. The molecule has 0 saturated carbocycles. The van der Waals surface area contributed by atoms with Crippen molar-refractivity contribution in [2.45, 2.75) is 18.1 Å². The first-order chi connectivity index (χ1) is 15.6.